The highest BCUT2D eigenvalue weighted by Gasteiger charge is 2.20. The molecule has 1 aromatic carbocycles. The van der Waals surface area contributed by atoms with Crippen molar-refractivity contribution in [2.24, 2.45) is 11.8 Å². The van der Waals surface area contributed by atoms with Gasteiger partial charge < -0.3 is 0 Å². The number of rotatable bonds is 5. The Morgan fingerprint density at radius 3 is 2.20 bits per heavy atom. The first-order valence-electron chi connectivity index (χ1n) is 7.73. The molecule has 0 nitrogen and oxygen atoms in total. The maximum absolute atomic E-state index is 13.5. The minimum Gasteiger partial charge on any atom is -0.206 e. The molecule has 0 amide bonds. The lowest BCUT2D eigenvalue weighted by Gasteiger charge is -2.28. The number of hydrogen-bond acceptors (Lipinski definition) is 0. The van der Waals surface area contributed by atoms with Gasteiger partial charge in [-0.15, -0.1) is 0 Å². The van der Waals surface area contributed by atoms with Crippen molar-refractivity contribution >= 4 is 37.3 Å². The Morgan fingerprint density at radius 1 is 1.10 bits per heavy atom. The predicted molar refractivity (Wildman–Crippen MR) is 92.4 cm³/mol. The van der Waals surface area contributed by atoms with E-state index < -0.39 is 9.52 Å². The first-order chi connectivity index (χ1) is 9.60. The molecule has 20 heavy (non-hydrogen) atoms. The van der Waals surface area contributed by atoms with E-state index in [9.17, 15) is 8.78 Å². The van der Waals surface area contributed by atoms with Gasteiger partial charge in [-0.05, 0) is 46.6 Å². The van der Waals surface area contributed by atoms with Gasteiger partial charge in [-0.2, -0.15) is 0 Å². The highest BCUT2D eigenvalue weighted by atomic mass is 127. The fraction of sp³-hybridized carbons (Fsp3) is 0.625. The van der Waals surface area contributed by atoms with Gasteiger partial charge in [0.1, 0.15) is 11.6 Å². The van der Waals surface area contributed by atoms with Crippen LogP contribution < -0.4 is 5.19 Å². The van der Waals surface area contributed by atoms with Crippen LogP contribution in [0.3, 0.4) is 0 Å². The summed E-state index contributed by atoms with van der Waals surface area (Å²) in [5.41, 5.74) is 0. The van der Waals surface area contributed by atoms with E-state index in [1.807, 2.05) is 0 Å². The van der Waals surface area contributed by atoms with Crippen LogP contribution in [0.25, 0.3) is 0 Å². The van der Waals surface area contributed by atoms with Crippen LogP contribution in [0.4, 0.5) is 8.78 Å². The SMILES string of the molecule is CCC[C@H]1CC[C@H](C[SiH2]c2cc(F)c(I)c(F)c2)CC1. The topological polar surface area (TPSA) is 0 Å². The molecule has 0 heterocycles. The second-order valence-electron chi connectivity index (χ2n) is 6.09. The van der Waals surface area contributed by atoms with Gasteiger partial charge in [0.2, 0.25) is 0 Å². The molecule has 0 spiro atoms. The Hall–Kier alpha value is 0.0269. The van der Waals surface area contributed by atoms with Gasteiger partial charge in [0, 0.05) is 0 Å². The zero-order valence-electron chi connectivity index (χ0n) is 12.1. The average molecular weight is 408 g/mol. The molecular weight excluding hydrogens is 385 g/mol. The summed E-state index contributed by atoms with van der Waals surface area (Å²) >= 11 is 1.73. The molecule has 0 aromatic heterocycles. The molecule has 0 aliphatic heterocycles. The van der Waals surface area contributed by atoms with Gasteiger partial charge in [-0.1, -0.05) is 56.7 Å². The highest BCUT2D eigenvalue weighted by molar-refractivity contribution is 14.1. The third-order valence-corrected chi connectivity index (χ3v) is 7.67. The van der Waals surface area contributed by atoms with Gasteiger partial charge in [-0.3, -0.25) is 0 Å². The first-order valence-corrected chi connectivity index (χ1v) is 10.5. The lowest BCUT2D eigenvalue weighted by molar-refractivity contribution is 0.276. The van der Waals surface area contributed by atoms with E-state index in [2.05, 4.69) is 6.92 Å². The van der Waals surface area contributed by atoms with Crippen LogP contribution in [0, 0.1) is 27.0 Å². The smallest absolute Gasteiger partial charge is 0.139 e. The normalized spacial score (nSPS) is 23.6. The Morgan fingerprint density at radius 2 is 1.65 bits per heavy atom. The molecule has 0 unspecified atom stereocenters. The third kappa shape index (κ3) is 4.51. The lowest BCUT2D eigenvalue weighted by Crippen LogP contribution is -2.22. The summed E-state index contributed by atoms with van der Waals surface area (Å²) in [6, 6.07) is 4.32. The molecule has 0 saturated heterocycles. The van der Waals surface area contributed by atoms with Gasteiger partial charge in [-0.25, -0.2) is 8.78 Å². The molecule has 4 heteroatoms. The molecule has 0 atom stereocenters. The van der Waals surface area contributed by atoms with Crippen molar-refractivity contribution in [3.8, 4) is 0 Å². The summed E-state index contributed by atoms with van der Waals surface area (Å²) in [6.45, 7) is 2.26. The first kappa shape index (κ1) is 16.4. The summed E-state index contributed by atoms with van der Waals surface area (Å²) in [5.74, 6) is 0.964. The van der Waals surface area contributed by atoms with Crippen LogP contribution in [0.5, 0.6) is 0 Å². The predicted octanol–water partition coefficient (Wildman–Crippen LogP) is 4.39. The Kier molecular flexibility index (Phi) is 6.45. The molecular formula is C16H23F2ISi. The molecule has 1 aliphatic carbocycles. The fourth-order valence-electron chi connectivity index (χ4n) is 3.34. The van der Waals surface area contributed by atoms with Crippen LogP contribution in [0.15, 0.2) is 12.1 Å². The molecule has 0 bridgehead atoms. The summed E-state index contributed by atoms with van der Waals surface area (Å²) < 4.78 is 27.2. The Labute approximate surface area is 136 Å². The van der Waals surface area contributed by atoms with Crippen LogP contribution in [0.2, 0.25) is 6.04 Å². The molecule has 1 aromatic rings. The Bertz CT molecular complexity index is 419. The largest absolute Gasteiger partial charge is 0.206 e. The Balaban J connectivity index is 1.82. The summed E-state index contributed by atoms with van der Waals surface area (Å²) in [7, 11) is -0.527. The third-order valence-electron chi connectivity index (χ3n) is 4.55. The van der Waals surface area contributed by atoms with Crippen molar-refractivity contribution in [3.05, 3.63) is 27.3 Å². The summed E-state index contributed by atoms with van der Waals surface area (Å²) in [4.78, 5) is 0. The van der Waals surface area contributed by atoms with Gasteiger partial charge >= 0.3 is 0 Å². The average Bonchev–Trinajstić information content (AvgIpc) is 2.44. The molecule has 2 rings (SSSR count). The van der Waals surface area contributed by atoms with E-state index in [4.69, 9.17) is 0 Å². The monoisotopic (exact) mass is 408 g/mol. The van der Waals surface area contributed by atoms with Gasteiger partial charge in [0.05, 0.1) is 13.1 Å². The van der Waals surface area contributed by atoms with Crippen molar-refractivity contribution < 1.29 is 8.78 Å². The summed E-state index contributed by atoms with van der Waals surface area (Å²) in [6.07, 6.45) is 8.05. The van der Waals surface area contributed by atoms with E-state index in [0.717, 1.165) is 17.0 Å². The second-order valence-corrected chi connectivity index (χ2v) is 9.06. The van der Waals surface area contributed by atoms with E-state index in [0.29, 0.717) is 0 Å². The van der Waals surface area contributed by atoms with Crippen LogP contribution in [-0.4, -0.2) is 9.52 Å². The van der Waals surface area contributed by atoms with Crippen LogP contribution in [-0.2, 0) is 0 Å². The zero-order valence-corrected chi connectivity index (χ0v) is 15.7. The van der Waals surface area contributed by atoms with Crippen molar-refractivity contribution in [2.75, 3.05) is 0 Å². The molecule has 112 valence electrons. The van der Waals surface area contributed by atoms with Crippen LogP contribution in [0.1, 0.15) is 45.4 Å². The molecule has 1 saturated carbocycles. The zero-order chi connectivity index (χ0) is 14.5. The second kappa shape index (κ2) is 7.87. The van der Waals surface area contributed by atoms with Crippen LogP contribution >= 0.6 is 22.6 Å². The number of halogens is 3. The number of hydrogen-bond donors (Lipinski definition) is 0. The minimum absolute atomic E-state index is 0.125. The minimum atomic E-state index is -0.527. The summed E-state index contributed by atoms with van der Waals surface area (Å²) in [5, 5.41) is 0.941. The van der Waals surface area contributed by atoms with Crippen molar-refractivity contribution in [1.82, 2.24) is 0 Å². The molecule has 0 radical (unpaired) electrons. The molecule has 1 fully saturated rings. The standard InChI is InChI=1S/C16H23F2ISi/c1-2-3-11-4-6-12(7-5-11)10-20-13-8-14(17)16(19)15(18)9-13/h8-9,11-12H,2-7,10,20H2,1H3/t11-,12-. The maximum Gasteiger partial charge on any atom is 0.139 e. The van der Waals surface area contributed by atoms with E-state index in [1.165, 1.54) is 44.6 Å². The highest BCUT2D eigenvalue weighted by Crippen LogP contribution is 2.33. The van der Waals surface area contributed by atoms with Crippen molar-refractivity contribution in [2.45, 2.75) is 51.5 Å². The van der Waals surface area contributed by atoms with E-state index >= 15 is 0 Å². The molecule has 1 aliphatic rings. The molecule has 0 N–H and O–H groups in total. The van der Waals surface area contributed by atoms with Crippen molar-refractivity contribution in [1.29, 1.82) is 0 Å². The van der Waals surface area contributed by atoms with E-state index in [1.54, 1.807) is 34.7 Å². The fourth-order valence-corrected chi connectivity index (χ4v) is 5.62. The van der Waals surface area contributed by atoms with Gasteiger partial charge in [0.25, 0.3) is 0 Å². The quantitative estimate of drug-likeness (QED) is 0.385. The maximum atomic E-state index is 13.5. The lowest BCUT2D eigenvalue weighted by atomic mass is 9.81. The number of benzene rings is 1. The van der Waals surface area contributed by atoms with Crippen molar-refractivity contribution in [3.63, 3.8) is 0 Å². The van der Waals surface area contributed by atoms with E-state index in [-0.39, 0.29) is 15.2 Å². The van der Waals surface area contributed by atoms with Gasteiger partial charge in [0.15, 0.2) is 0 Å².